The van der Waals surface area contributed by atoms with Gasteiger partial charge in [-0.1, -0.05) is 34.1 Å². The lowest BCUT2D eigenvalue weighted by molar-refractivity contribution is 0.112. The van der Waals surface area contributed by atoms with Crippen LogP contribution < -0.4 is 0 Å². The number of benzene rings is 2. The summed E-state index contributed by atoms with van der Waals surface area (Å²) in [6.45, 7) is 0. The molecule has 0 spiro atoms. The molecule has 2 nitrogen and oxygen atoms in total. The van der Waals surface area contributed by atoms with E-state index in [0.717, 1.165) is 27.1 Å². The molecule has 0 fully saturated rings. The number of fused-ring (bicyclic) bond motifs is 3. The number of carbonyl (C=O) groups is 1. The Morgan fingerprint density at radius 2 is 1.94 bits per heavy atom. The average Bonchev–Trinajstić information content (AvgIpc) is 2.67. The Labute approximate surface area is 100.0 Å². The molecule has 0 unspecified atom stereocenters. The Morgan fingerprint density at radius 3 is 2.75 bits per heavy atom. The molecule has 0 amide bonds. The van der Waals surface area contributed by atoms with E-state index in [0.29, 0.717) is 11.1 Å². The fraction of sp³-hybridized carbons (Fsp3) is 0. The molecule has 0 saturated heterocycles. The lowest BCUT2D eigenvalue weighted by atomic mass is 10.1. The molecule has 0 atom stereocenters. The monoisotopic (exact) mass is 274 g/mol. The van der Waals surface area contributed by atoms with Crippen molar-refractivity contribution in [2.45, 2.75) is 0 Å². The molecule has 0 aliphatic rings. The first-order chi connectivity index (χ1) is 7.79. The van der Waals surface area contributed by atoms with Gasteiger partial charge < -0.3 is 4.42 Å². The summed E-state index contributed by atoms with van der Waals surface area (Å²) in [4.78, 5) is 11.0. The van der Waals surface area contributed by atoms with Crippen molar-refractivity contribution in [2.24, 2.45) is 0 Å². The van der Waals surface area contributed by atoms with Gasteiger partial charge in [0.25, 0.3) is 0 Å². The molecular weight excluding hydrogens is 268 g/mol. The molecule has 0 aliphatic heterocycles. The van der Waals surface area contributed by atoms with Crippen molar-refractivity contribution < 1.29 is 9.21 Å². The van der Waals surface area contributed by atoms with E-state index in [4.69, 9.17) is 4.42 Å². The van der Waals surface area contributed by atoms with Crippen LogP contribution in [0.4, 0.5) is 0 Å². The van der Waals surface area contributed by atoms with E-state index in [2.05, 4.69) is 15.9 Å². The second-order valence-electron chi connectivity index (χ2n) is 3.59. The van der Waals surface area contributed by atoms with E-state index >= 15 is 0 Å². The minimum absolute atomic E-state index is 0.570. The Bertz CT molecular complexity index is 698. The predicted molar refractivity (Wildman–Crippen MR) is 66.8 cm³/mol. The zero-order valence-electron chi connectivity index (χ0n) is 8.24. The molecule has 3 heteroatoms. The minimum atomic E-state index is 0.570. The number of para-hydroxylation sites is 1. The molecule has 2 aromatic carbocycles. The van der Waals surface area contributed by atoms with E-state index in [-0.39, 0.29) is 0 Å². The summed E-state index contributed by atoms with van der Waals surface area (Å²) < 4.78 is 6.56. The summed E-state index contributed by atoms with van der Waals surface area (Å²) in [6.07, 6.45) is 0.815. The third-order valence-corrected chi connectivity index (χ3v) is 3.06. The van der Waals surface area contributed by atoms with Crippen LogP contribution in [0.15, 0.2) is 45.3 Å². The molecule has 16 heavy (non-hydrogen) atoms. The van der Waals surface area contributed by atoms with Crippen LogP contribution >= 0.6 is 15.9 Å². The van der Waals surface area contributed by atoms with Crippen molar-refractivity contribution in [2.75, 3.05) is 0 Å². The van der Waals surface area contributed by atoms with Crippen LogP contribution in [0.25, 0.3) is 21.9 Å². The molecule has 0 radical (unpaired) electrons. The summed E-state index contributed by atoms with van der Waals surface area (Å²) in [5.41, 5.74) is 2.03. The molecule has 1 aromatic heterocycles. The van der Waals surface area contributed by atoms with Crippen LogP contribution in [-0.4, -0.2) is 6.29 Å². The number of carbonyl (C=O) groups excluding carboxylic acids is 1. The first-order valence-electron chi connectivity index (χ1n) is 4.85. The van der Waals surface area contributed by atoms with Gasteiger partial charge in [0.1, 0.15) is 11.2 Å². The Hall–Kier alpha value is -1.61. The Kier molecular flexibility index (Phi) is 2.07. The van der Waals surface area contributed by atoms with Gasteiger partial charge in [-0.25, -0.2) is 0 Å². The Balaban J connectivity index is 2.59. The SMILES string of the molecule is O=Cc1cc(Br)cc2c1oc1ccccc12. The highest BCUT2D eigenvalue weighted by atomic mass is 79.9. The second-order valence-corrected chi connectivity index (χ2v) is 4.50. The van der Waals surface area contributed by atoms with E-state index in [9.17, 15) is 4.79 Å². The van der Waals surface area contributed by atoms with Gasteiger partial charge >= 0.3 is 0 Å². The van der Waals surface area contributed by atoms with Gasteiger partial charge in [-0.3, -0.25) is 4.79 Å². The molecule has 3 aromatic rings. The molecule has 0 N–H and O–H groups in total. The number of hydrogen-bond donors (Lipinski definition) is 0. The van der Waals surface area contributed by atoms with E-state index < -0.39 is 0 Å². The van der Waals surface area contributed by atoms with E-state index in [1.54, 1.807) is 6.07 Å². The van der Waals surface area contributed by atoms with E-state index in [1.165, 1.54) is 0 Å². The summed E-state index contributed by atoms with van der Waals surface area (Å²) >= 11 is 3.39. The first kappa shape index (κ1) is 9.60. The largest absolute Gasteiger partial charge is 0.455 e. The lowest BCUT2D eigenvalue weighted by Crippen LogP contribution is -1.80. The summed E-state index contributed by atoms with van der Waals surface area (Å²) in [5.74, 6) is 0. The van der Waals surface area contributed by atoms with Crippen LogP contribution in [-0.2, 0) is 0 Å². The minimum Gasteiger partial charge on any atom is -0.455 e. The van der Waals surface area contributed by atoms with Crippen LogP contribution in [0.3, 0.4) is 0 Å². The molecule has 0 aliphatic carbocycles. The third-order valence-electron chi connectivity index (χ3n) is 2.60. The highest BCUT2D eigenvalue weighted by Crippen LogP contribution is 2.32. The molecule has 0 saturated carbocycles. The van der Waals surface area contributed by atoms with Crippen molar-refractivity contribution in [1.82, 2.24) is 0 Å². The van der Waals surface area contributed by atoms with Gasteiger partial charge in [-0.05, 0) is 18.2 Å². The van der Waals surface area contributed by atoms with Crippen LogP contribution in [0.5, 0.6) is 0 Å². The van der Waals surface area contributed by atoms with Crippen LogP contribution in [0.2, 0.25) is 0 Å². The highest BCUT2D eigenvalue weighted by Gasteiger charge is 2.10. The molecular formula is C13H7BrO2. The summed E-state index contributed by atoms with van der Waals surface area (Å²) in [7, 11) is 0. The van der Waals surface area contributed by atoms with Crippen LogP contribution in [0.1, 0.15) is 10.4 Å². The number of furan rings is 1. The van der Waals surface area contributed by atoms with Gasteiger partial charge in [-0.2, -0.15) is 0 Å². The van der Waals surface area contributed by atoms with Crippen molar-refractivity contribution in [3.05, 3.63) is 46.4 Å². The van der Waals surface area contributed by atoms with Gasteiger partial charge in [0, 0.05) is 15.2 Å². The summed E-state index contributed by atoms with van der Waals surface area (Å²) in [6, 6.07) is 11.5. The zero-order chi connectivity index (χ0) is 11.1. The van der Waals surface area contributed by atoms with E-state index in [1.807, 2.05) is 30.3 Å². The molecule has 1 heterocycles. The van der Waals surface area contributed by atoms with Gasteiger partial charge in [0.2, 0.25) is 0 Å². The molecule has 78 valence electrons. The molecule has 0 bridgehead atoms. The molecule has 3 rings (SSSR count). The number of hydrogen-bond acceptors (Lipinski definition) is 2. The number of halogens is 1. The fourth-order valence-corrected chi connectivity index (χ4v) is 2.38. The van der Waals surface area contributed by atoms with Gasteiger partial charge in [-0.15, -0.1) is 0 Å². The zero-order valence-corrected chi connectivity index (χ0v) is 9.82. The third kappa shape index (κ3) is 1.28. The number of aldehydes is 1. The maximum atomic E-state index is 11.0. The van der Waals surface area contributed by atoms with Crippen molar-refractivity contribution in [3.8, 4) is 0 Å². The first-order valence-corrected chi connectivity index (χ1v) is 5.65. The normalized spacial score (nSPS) is 11.1. The number of rotatable bonds is 1. The topological polar surface area (TPSA) is 30.2 Å². The predicted octanol–water partition coefficient (Wildman–Crippen LogP) is 4.16. The standard InChI is InChI=1S/C13H7BrO2/c14-9-5-8(7-15)13-11(6-9)10-3-1-2-4-12(10)16-13/h1-7H. The summed E-state index contributed by atoms with van der Waals surface area (Å²) in [5, 5.41) is 1.99. The highest BCUT2D eigenvalue weighted by molar-refractivity contribution is 9.10. The second kappa shape index (κ2) is 3.46. The Morgan fingerprint density at radius 1 is 1.12 bits per heavy atom. The van der Waals surface area contributed by atoms with Crippen molar-refractivity contribution in [3.63, 3.8) is 0 Å². The van der Waals surface area contributed by atoms with Crippen LogP contribution in [0, 0.1) is 0 Å². The fourth-order valence-electron chi connectivity index (χ4n) is 1.90. The van der Waals surface area contributed by atoms with Crippen molar-refractivity contribution in [1.29, 1.82) is 0 Å². The lowest BCUT2D eigenvalue weighted by Gasteiger charge is -1.94. The quantitative estimate of drug-likeness (QED) is 0.624. The van der Waals surface area contributed by atoms with Gasteiger partial charge in [0.05, 0.1) is 5.56 Å². The van der Waals surface area contributed by atoms with Gasteiger partial charge in [0.15, 0.2) is 6.29 Å². The van der Waals surface area contributed by atoms with Crippen molar-refractivity contribution >= 4 is 44.2 Å². The average molecular weight is 275 g/mol. The smallest absolute Gasteiger partial charge is 0.153 e. The maximum absolute atomic E-state index is 11.0. The maximum Gasteiger partial charge on any atom is 0.153 e.